The summed E-state index contributed by atoms with van der Waals surface area (Å²) in [4.78, 5) is 25.3. The lowest BCUT2D eigenvalue weighted by atomic mass is 9.86. The van der Waals surface area contributed by atoms with Crippen molar-refractivity contribution >= 4 is 11.8 Å². The summed E-state index contributed by atoms with van der Waals surface area (Å²) in [5, 5.41) is 6.22. The molecule has 142 valence electrons. The van der Waals surface area contributed by atoms with Crippen LogP contribution >= 0.6 is 0 Å². The molecule has 0 saturated heterocycles. The molecule has 2 N–H and O–H groups in total. The Balaban J connectivity index is 1.68. The van der Waals surface area contributed by atoms with E-state index in [1.165, 1.54) is 12.8 Å². The summed E-state index contributed by atoms with van der Waals surface area (Å²) in [7, 11) is 0. The molecule has 0 spiro atoms. The van der Waals surface area contributed by atoms with Gasteiger partial charge in [0.25, 0.3) is 5.91 Å². The fourth-order valence-electron chi connectivity index (χ4n) is 3.75. The molecule has 1 aliphatic rings. The van der Waals surface area contributed by atoms with Crippen LogP contribution in [0.3, 0.4) is 0 Å². The summed E-state index contributed by atoms with van der Waals surface area (Å²) < 4.78 is 0. The normalized spacial score (nSPS) is 20.5. The smallest absolute Gasteiger partial charge is 0.251 e. The molecule has 0 aliphatic heterocycles. The van der Waals surface area contributed by atoms with Crippen molar-refractivity contribution in [3.63, 3.8) is 0 Å². The van der Waals surface area contributed by atoms with Gasteiger partial charge >= 0.3 is 0 Å². The lowest BCUT2D eigenvalue weighted by molar-refractivity contribution is -0.122. The first-order valence-electron chi connectivity index (χ1n) is 9.83. The van der Waals surface area contributed by atoms with E-state index in [2.05, 4.69) is 17.6 Å². The highest BCUT2D eigenvalue weighted by atomic mass is 16.2. The fraction of sp³-hybridized carbons (Fsp3) is 0.391. The number of carbonyl (C=O) groups excluding carboxylic acids is 2. The van der Waals surface area contributed by atoms with Gasteiger partial charge in [-0.05, 0) is 36.5 Å². The summed E-state index contributed by atoms with van der Waals surface area (Å²) >= 11 is 0. The summed E-state index contributed by atoms with van der Waals surface area (Å²) in [6, 6.07) is 18.7. The second kappa shape index (κ2) is 9.36. The maximum atomic E-state index is 12.7. The fourth-order valence-corrected chi connectivity index (χ4v) is 3.75. The van der Waals surface area contributed by atoms with Crippen LogP contribution < -0.4 is 10.6 Å². The molecule has 0 unspecified atom stereocenters. The third kappa shape index (κ3) is 5.43. The first-order chi connectivity index (χ1) is 13.1. The Morgan fingerprint density at radius 1 is 0.963 bits per heavy atom. The highest BCUT2D eigenvalue weighted by molar-refractivity contribution is 5.94. The third-order valence-corrected chi connectivity index (χ3v) is 5.39. The van der Waals surface area contributed by atoms with Crippen molar-refractivity contribution in [1.29, 1.82) is 0 Å². The van der Waals surface area contributed by atoms with Gasteiger partial charge < -0.3 is 10.6 Å². The maximum absolute atomic E-state index is 12.7. The third-order valence-electron chi connectivity index (χ3n) is 5.39. The van der Waals surface area contributed by atoms with E-state index in [0.717, 1.165) is 18.4 Å². The first-order valence-corrected chi connectivity index (χ1v) is 9.83. The van der Waals surface area contributed by atoms with Crippen LogP contribution in [0.1, 0.15) is 61.0 Å². The standard InChI is InChI=1S/C23H28N2O2/c1-17-10-8-9-15-20(17)24-22(26)16-21(18-11-4-2-5-12-18)25-23(27)19-13-6-3-7-14-19/h2-7,11-14,17,20-21H,8-10,15-16H2,1H3,(H,24,26)(H,25,27)/t17-,20+,21+/m1/s1. The minimum absolute atomic E-state index is 0.00374. The Hall–Kier alpha value is -2.62. The maximum Gasteiger partial charge on any atom is 0.251 e. The SMILES string of the molecule is C[C@@H]1CCCC[C@@H]1NC(=O)C[C@H](NC(=O)c1ccccc1)c1ccccc1. The van der Waals surface area contributed by atoms with E-state index in [-0.39, 0.29) is 30.3 Å². The van der Waals surface area contributed by atoms with Crippen molar-refractivity contribution in [2.24, 2.45) is 5.92 Å². The summed E-state index contributed by atoms with van der Waals surface area (Å²) in [6.07, 6.45) is 4.86. The number of benzene rings is 2. The van der Waals surface area contributed by atoms with Crippen LogP contribution in [0.5, 0.6) is 0 Å². The van der Waals surface area contributed by atoms with Gasteiger partial charge in [0.1, 0.15) is 0 Å². The Morgan fingerprint density at radius 3 is 2.26 bits per heavy atom. The van der Waals surface area contributed by atoms with Crippen molar-refractivity contribution in [2.75, 3.05) is 0 Å². The molecule has 4 nitrogen and oxygen atoms in total. The van der Waals surface area contributed by atoms with E-state index in [0.29, 0.717) is 11.5 Å². The zero-order valence-electron chi connectivity index (χ0n) is 15.9. The van der Waals surface area contributed by atoms with E-state index >= 15 is 0 Å². The van der Waals surface area contributed by atoms with Crippen LogP contribution in [0.2, 0.25) is 0 Å². The second-order valence-electron chi connectivity index (χ2n) is 7.44. The topological polar surface area (TPSA) is 58.2 Å². The quantitative estimate of drug-likeness (QED) is 0.805. The zero-order chi connectivity index (χ0) is 19.1. The molecule has 1 aliphatic carbocycles. The molecule has 2 aromatic rings. The number of amides is 2. The molecular formula is C23H28N2O2. The molecule has 4 heteroatoms. The highest BCUT2D eigenvalue weighted by Crippen LogP contribution is 2.24. The van der Waals surface area contributed by atoms with Crippen LogP contribution in [-0.4, -0.2) is 17.9 Å². The Bertz CT molecular complexity index is 745. The van der Waals surface area contributed by atoms with Crippen molar-refractivity contribution < 1.29 is 9.59 Å². The molecule has 0 bridgehead atoms. The van der Waals surface area contributed by atoms with E-state index < -0.39 is 0 Å². The first kappa shape index (κ1) is 19.2. The number of carbonyl (C=O) groups is 2. The lowest BCUT2D eigenvalue weighted by Crippen LogP contribution is -2.42. The van der Waals surface area contributed by atoms with Gasteiger partial charge in [0.15, 0.2) is 0 Å². The van der Waals surface area contributed by atoms with Crippen LogP contribution in [0.15, 0.2) is 60.7 Å². The van der Waals surface area contributed by atoms with Gasteiger partial charge in [-0.3, -0.25) is 9.59 Å². The monoisotopic (exact) mass is 364 g/mol. The van der Waals surface area contributed by atoms with Gasteiger partial charge in [0.05, 0.1) is 12.5 Å². The van der Waals surface area contributed by atoms with Gasteiger partial charge in [0, 0.05) is 11.6 Å². The van der Waals surface area contributed by atoms with Crippen molar-refractivity contribution in [3.05, 3.63) is 71.8 Å². The molecular weight excluding hydrogens is 336 g/mol. The Morgan fingerprint density at radius 2 is 1.59 bits per heavy atom. The second-order valence-corrected chi connectivity index (χ2v) is 7.44. The van der Waals surface area contributed by atoms with Crippen LogP contribution in [0.4, 0.5) is 0 Å². The number of rotatable bonds is 6. The van der Waals surface area contributed by atoms with Gasteiger partial charge in [-0.25, -0.2) is 0 Å². The lowest BCUT2D eigenvalue weighted by Gasteiger charge is -2.30. The van der Waals surface area contributed by atoms with Gasteiger partial charge in [-0.1, -0.05) is 68.3 Å². The molecule has 0 heterocycles. The Labute approximate surface area is 161 Å². The van der Waals surface area contributed by atoms with Crippen LogP contribution in [-0.2, 0) is 4.79 Å². The summed E-state index contributed by atoms with van der Waals surface area (Å²) in [5.74, 6) is 0.344. The highest BCUT2D eigenvalue weighted by Gasteiger charge is 2.25. The number of hydrogen-bond acceptors (Lipinski definition) is 2. The predicted molar refractivity (Wildman–Crippen MR) is 107 cm³/mol. The van der Waals surface area contributed by atoms with Crippen molar-refractivity contribution in [2.45, 2.75) is 51.1 Å². The molecule has 1 saturated carbocycles. The van der Waals surface area contributed by atoms with Gasteiger partial charge in [-0.15, -0.1) is 0 Å². The van der Waals surface area contributed by atoms with Crippen molar-refractivity contribution in [3.8, 4) is 0 Å². The van der Waals surface area contributed by atoms with E-state index in [4.69, 9.17) is 0 Å². The van der Waals surface area contributed by atoms with E-state index in [1.807, 2.05) is 48.5 Å². The van der Waals surface area contributed by atoms with Crippen molar-refractivity contribution in [1.82, 2.24) is 10.6 Å². The largest absolute Gasteiger partial charge is 0.353 e. The van der Waals surface area contributed by atoms with Gasteiger partial charge in [0.2, 0.25) is 5.91 Å². The number of nitrogens with one attached hydrogen (secondary N) is 2. The van der Waals surface area contributed by atoms with E-state index in [9.17, 15) is 9.59 Å². The van der Waals surface area contributed by atoms with Gasteiger partial charge in [-0.2, -0.15) is 0 Å². The minimum atomic E-state index is -0.349. The minimum Gasteiger partial charge on any atom is -0.353 e. The molecule has 0 aromatic heterocycles. The average Bonchev–Trinajstić information content (AvgIpc) is 2.70. The van der Waals surface area contributed by atoms with E-state index in [1.54, 1.807) is 12.1 Å². The molecule has 0 radical (unpaired) electrons. The van der Waals surface area contributed by atoms with Crippen LogP contribution in [0, 0.1) is 5.92 Å². The predicted octanol–water partition coefficient (Wildman–Crippen LogP) is 4.24. The zero-order valence-corrected chi connectivity index (χ0v) is 15.9. The Kier molecular flexibility index (Phi) is 6.64. The molecule has 3 atom stereocenters. The molecule has 2 aromatic carbocycles. The molecule has 27 heavy (non-hydrogen) atoms. The molecule has 3 rings (SSSR count). The average molecular weight is 364 g/mol. The number of hydrogen-bond donors (Lipinski definition) is 2. The molecule has 2 amide bonds. The summed E-state index contributed by atoms with van der Waals surface area (Å²) in [6.45, 7) is 2.20. The molecule has 1 fully saturated rings. The van der Waals surface area contributed by atoms with Crippen LogP contribution in [0.25, 0.3) is 0 Å². The summed E-state index contributed by atoms with van der Waals surface area (Å²) in [5.41, 5.74) is 1.54.